The smallest absolute Gasteiger partial charge is 0.381 e. The van der Waals surface area contributed by atoms with Gasteiger partial charge in [0.25, 0.3) is 0 Å². The summed E-state index contributed by atoms with van der Waals surface area (Å²) >= 11 is 0. The molecule has 1 amide bonds. The number of aliphatic hydroxyl groups is 1. The fraction of sp³-hybridized carbons (Fsp3) is 0.923. The molecule has 0 aromatic rings. The molecule has 0 radical (unpaired) electrons. The molecule has 2 aliphatic heterocycles. The van der Waals surface area contributed by atoms with E-state index in [0.717, 1.165) is 4.90 Å². The number of alkyl halides is 3. The summed E-state index contributed by atoms with van der Waals surface area (Å²) in [6, 6.07) is -0.829. The van der Waals surface area contributed by atoms with Crippen LogP contribution in [0.25, 0.3) is 0 Å². The fourth-order valence-electron chi connectivity index (χ4n) is 2.94. The summed E-state index contributed by atoms with van der Waals surface area (Å²) < 4.78 is 43.8. The van der Waals surface area contributed by atoms with Gasteiger partial charge in [-0.2, -0.15) is 13.2 Å². The Bertz CT molecular complexity index is 385. The number of likely N-dealkylation sites (tertiary alicyclic amines) is 1. The number of ether oxygens (including phenoxy) is 1. The highest BCUT2D eigenvalue weighted by Crippen LogP contribution is 2.37. The number of hydrogen-bond donors (Lipinski definition) is 2. The van der Waals surface area contributed by atoms with Gasteiger partial charge in [-0.05, 0) is 31.6 Å². The van der Waals surface area contributed by atoms with Crippen molar-refractivity contribution in [2.45, 2.75) is 43.5 Å². The first-order chi connectivity index (χ1) is 9.74. The van der Waals surface area contributed by atoms with Gasteiger partial charge in [-0.1, -0.05) is 0 Å². The molecule has 2 atom stereocenters. The number of rotatable bonds is 2. The molecule has 2 aliphatic rings. The van der Waals surface area contributed by atoms with Gasteiger partial charge in [-0.15, -0.1) is 0 Å². The Labute approximate surface area is 121 Å². The van der Waals surface area contributed by atoms with Crippen LogP contribution in [0.1, 0.15) is 25.7 Å². The Kier molecular flexibility index (Phi) is 4.79. The zero-order valence-electron chi connectivity index (χ0n) is 11.7. The highest BCUT2D eigenvalue weighted by molar-refractivity contribution is 5.82. The second-order valence-electron chi connectivity index (χ2n) is 5.87. The van der Waals surface area contributed by atoms with Crippen LogP contribution in [-0.4, -0.2) is 60.0 Å². The average molecular weight is 310 g/mol. The lowest BCUT2D eigenvalue weighted by Gasteiger charge is -2.41. The molecule has 2 fully saturated rings. The van der Waals surface area contributed by atoms with E-state index in [0.29, 0.717) is 26.1 Å². The van der Waals surface area contributed by atoms with Gasteiger partial charge in [0.15, 0.2) is 5.60 Å². The molecule has 0 aromatic carbocycles. The van der Waals surface area contributed by atoms with Gasteiger partial charge in [0, 0.05) is 19.8 Å². The largest absolute Gasteiger partial charge is 0.418 e. The first-order valence-electron chi connectivity index (χ1n) is 7.16. The molecule has 2 saturated heterocycles. The number of carbonyl (C=O) groups excluding carboxylic acids is 1. The quantitative estimate of drug-likeness (QED) is 0.785. The minimum atomic E-state index is -4.74. The predicted molar refractivity (Wildman–Crippen MR) is 68.3 cm³/mol. The molecule has 0 aromatic heterocycles. The molecule has 0 saturated carbocycles. The Hall–Kier alpha value is -0.860. The monoisotopic (exact) mass is 310 g/mol. The van der Waals surface area contributed by atoms with Crippen molar-refractivity contribution in [3.05, 3.63) is 0 Å². The van der Waals surface area contributed by atoms with E-state index >= 15 is 0 Å². The number of amides is 1. The molecule has 5 nitrogen and oxygen atoms in total. The molecule has 2 rings (SSSR count). The third kappa shape index (κ3) is 3.49. The molecule has 0 bridgehead atoms. The maximum absolute atomic E-state index is 12.9. The van der Waals surface area contributed by atoms with E-state index < -0.39 is 30.3 Å². The predicted octanol–water partition coefficient (Wildman–Crippen LogP) is 0.656. The number of piperidine rings is 1. The summed E-state index contributed by atoms with van der Waals surface area (Å²) in [4.78, 5) is 13.3. The van der Waals surface area contributed by atoms with E-state index in [1.54, 1.807) is 0 Å². The topological polar surface area (TPSA) is 75.8 Å². The van der Waals surface area contributed by atoms with Crippen LogP contribution in [0.2, 0.25) is 0 Å². The zero-order valence-corrected chi connectivity index (χ0v) is 11.7. The van der Waals surface area contributed by atoms with Crippen molar-refractivity contribution in [1.82, 2.24) is 4.90 Å². The highest BCUT2D eigenvalue weighted by Gasteiger charge is 2.56. The molecule has 21 heavy (non-hydrogen) atoms. The molecule has 3 N–H and O–H groups in total. The number of nitrogens with zero attached hydrogens (tertiary/aromatic N) is 1. The summed E-state index contributed by atoms with van der Waals surface area (Å²) in [5.74, 6) is -0.587. The van der Waals surface area contributed by atoms with E-state index in [9.17, 15) is 23.1 Å². The molecular weight excluding hydrogens is 289 g/mol. The third-order valence-corrected chi connectivity index (χ3v) is 4.37. The first-order valence-corrected chi connectivity index (χ1v) is 7.16. The summed E-state index contributed by atoms with van der Waals surface area (Å²) in [6.07, 6.45) is -3.75. The van der Waals surface area contributed by atoms with Crippen LogP contribution < -0.4 is 5.73 Å². The van der Waals surface area contributed by atoms with Crippen LogP contribution in [-0.2, 0) is 9.53 Å². The molecule has 2 heterocycles. The minimum absolute atomic E-state index is 0.0767. The van der Waals surface area contributed by atoms with Crippen LogP contribution in [0.15, 0.2) is 0 Å². The van der Waals surface area contributed by atoms with E-state index in [1.807, 2.05) is 0 Å². The number of carbonyl (C=O) groups is 1. The van der Waals surface area contributed by atoms with Crippen molar-refractivity contribution in [3.8, 4) is 0 Å². The van der Waals surface area contributed by atoms with Crippen LogP contribution in [0.3, 0.4) is 0 Å². The molecule has 8 heteroatoms. The summed E-state index contributed by atoms with van der Waals surface area (Å²) in [7, 11) is 0. The van der Waals surface area contributed by atoms with Gasteiger partial charge in [0.1, 0.15) is 0 Å². The molecule has 2 unspecified atom stereocenters. The van der Waals surface area contributed by atoms with Gasteiger partial charge in [-0.25, -0.2) is 0 Å². The lowest BCUT2D eigenvalue weighted by atomic mass is 9.88. The lowest BCUT2D eigenvalue weighted by molar-refractivity contribution is -0.272. The highest BCUT2D eigenvalue weighted by atomic mass is 19.4. The Morgan fingerprint density at radius 1 is 1.38 bits per heavy atom. The van der Waals surface area contributed by atoms with Crippen molar-refractivity contribution in [3.63, 3.8) is 0 Å². The van der Waals surface area contributed by atoms with Gasteiger partial charge < -0.3 is 20.5 Å². The van der Waals surface area contributed by atoms with Crippen molar-refractivity contribution in [2.24, 2.45) is 11.7 Å². The van der Waals surface area contributed by atoms with Crippen molar-refractivity contribution in [1.29, 1.82) is 0 Å². The first kappa shape index (κ1) is 16.5. The van der Waals surface area contributed by atoms with E-state index in [2.05, 4.69) is 0 Å². The number of halogens is 3. The lowest BCUT2D eigenvalue weighted by Crippen LogP contribution is -2.61. The summed E-state index contributed by atoms with van der Waals surface area (Å²) in [6.45, 7) is 0.497. The van der Waals surface area contributed by atoms with Gasteiger partial charge in [0.2, 0.25) is 5.91 Å². The fourth-order valence-corrected chi connectivity index (χ4v) is 2.94. The van der Waals surface area contributed by atoms with Crippen LogP contribution in [0, 0.1) is 5.92 Å². The molecule has 122 valence electrons. The Morgan fingerprint density at radius 3 is 2.57 bits per heavy atom. The van der Waals surface area contributed by atoms with Gasteiger partial charge >= 0.3 is 6.18 Å². The number of β-amino-alcohol motifs (C(OH)–C–C–N with tert-alkyl or cyclic N) is 1. The summed E-state index contributed by atoms with van der Waals surface area (Å²) in [5.41, 5.74) is 3.09. The average Bonchev–Trinajstić information content (AvgIpc) is 2.45. The maximum Gasteiger partial charge on any atom is 0.418 e. The SMILES string of the molecule is NC(C(=O)N1CCCC(O)(C(F)(F)F)C1)C1CCOCC1. The van der Waals surface area contributed by atoms with Crippen molar-refractivity contribution >= 4 is 5.91 Å². The standard InChI is InChI=1S/C13H21F3N2O3/c14-13(15,16)12(20)4-1-5-18(8-12)11(19)10(17)9-2-6-21-7-3-9/h9-10,20H,1-8,17H2. The van der Waals surface area contributed by atoms with Crippen molar-refractivity contribution in [2.75, 3.05) is 26.3 Å². The minimum Gasteiger partial charge on any atom is -0.381 e. The second kappa shape index (κ2) is 6.10. The van der Waals surface area contributed by atoms with Crippen LogP contribution in [0.5, 0.6) is 0 Å². The second-order valence-corrected chi connectivity index (χ2v) is 5.87. The van der Waals surface area contributed by atoms with Gasteiger partial charge in [-0.3, -0.25) is 4.79 Å². The van der Waals surface area contributed by atoms with E-state index in [-0.39, 0.29) is 25.3 Å². The van der Waals surface area contributed by atoms with E-state index in [4.69, 9.17) is 10.5 Å². The molecule has 0 aliphatic carbocycles. The van der Waals surface area contributed by atoms with E-state index in [1.165, 1.54) is 0 Å². The molecular formula is C13H21F3N2O3. The maximum atomic E-state index is 12.9. The normalized spacial score (nSPS) is 30.2. The number of hydrogen-bond acceptors (Lipinski definition) is 4. The van der Waals surface area contributed by atoms with Gasteiger partial charge in [0.05, 0.1) is 12.6 Å². The number of nitrogens with two attached hydrogens (primary N) is 1. The Balaban J connectivity index is 2.01. The third-order valence-electron chi connectivity index (χ3n) is 4.37. The van der Waals surface area contributed by atoms with Crippen LogP contribution >= 0.6 is 0 Å². The Morgan fingerprint density at radius 2 is 2.00 bits per heavy atom. The zero-order chi connectivity index (χ0) is 15.7. The van der Waals surface area contributed by atoms with Crippen LogP contribution in [0.4, 0.5) is 13.2 Å². The summed E-state index contributed by atoms with van der Waals surface area (Å²) in [5, 5.41) is 9.74. The molecule has 0 spiro atoms. The van der Waals surface area contributed by atoms with Crippen molar-refractivity contribution < 1.29 is 27.8 Å².